The number of fused-ring (bicyclic) bond motifs is 5. The molecule has 0 saturated heterocycles. The predicted molar refractivity (Wildman–Crippen MR) is 86.3 cm³/mol. The molecule has 1 N–H and O–H groups in total. The molecule has 0 amide bonds. The summed E-state index contributed by atoms with van der Waals surface area (Å²) in [6.07, 6.45) is 0. The molecule has 1 aromatic heterocycles. The Bertz CT molecular complexity index is 980. The van der Waals surface area contributed by atoms with Crippen LogP contribution in [0.2, 0.25) is 0 Å². The molecule has 0 bridgehead atoms. The van der Waals surface area contributed by atoms with Gasteiger partial charge in [-0.25, -0.2) is 0 Å². The predicted octanol–water partition coefficient (Wildman–Crippen LogP) is 3.28. The van der Waals surface area contributed by atoms with E-state index in [2.05, 4.69) is 23.0 Å². The van der Waals surface area contributed by atoms with Gasteiger partial charge in [-0.05, 0) is 24.6 Å². The topological polar surface area (TPSA) is 45.2 Å². The quantitative estimate of drug-likeness (QED) is 0.525. The van der Waals surface area contributed by atoms with E-state index in [-0.39, 0.29) is 5.56 Å². The molecule has 0 atom stereocenters. The monoisotopic (exact) mass is 274 g/mol. The van der Waals surface area contributed by atoms with Crippen LogP contribution < -0.4 is 5.56 Å². The molecule has 0 saturated carbocycles. The number of aromatic amines is 1. The molecule has 1 aliphatic rings. The molecule has 0 radical (unpaired) electrons. The van der Waals surface area contributed by atoms with Crippen molar-refractivity contribution in [3.63, 3.8) is 0 Å². The van der Waals surface area contributed by atoms with Gasteiger partial charge in [0, 0.05) is 29.1 Å². The maximum atomic E-state index is 12.5. The third kappa shape index (κ3) is 1.54. The van der Waals surface area contributed by atoms with Crippen LogP contribution in [-0.4, -0.2) is 17.7 Å². The molecule has 0 fully saturated rings. The summed E-state index contributed by atoms with van der Waals surface area (Å²) in [6.45, 7) is 2.05. The Morgan fingerprint density at radius 1 is 1.00 bits per heavy atom. The number of pyridine rings is 1. The SMILES string of the molecule is CN=C1c2cc(C)ccc2-c2c1c1ccccc1[nH]c2=O. The lowest BCUT2D eigenvalue weighted by Crippen LogP contribution is -2.11. The van der Waals surface area contributed by atoms with Gasteiger partial charge < -0.3 is 4.98 Å². The molecule has 3 aromatic rings. The van der Waals surface area contributed by atoms with Crippen molar-refractivity contribution in [2.75, 3.05) is 7.05 Å². The first kappa shape index (κ1) is 12.1. The molecule has 21 heavy (non-hydrogen) atoms. The second-order valence-corrected chi connectivity index (χ2v) is 5.37. The Morgan fingerprint density at radius 2 is 1.81 bits per heavy atom. The maximum absolute atomic E-state index is 12.5. The number of hydrogen-bond donors (Lipinski definition) is 1. The van der Waals surface area contributed by atoms with E-state index >= 15 is 0 Å². The lowest BCUT2D eigenvalue weighted by molar-refractivity contribution is 1.31. The van der Waals surface area contributed by atoms with Crippen LogP contribution in [0, 0.1) is 6.92 Å². The Kier molecular flexibility index (Phi) is 2.39. The van der Waals surface area contributed by atoms with Crippen molar-refractivity contribution >= 4 is 16.6 Å². The van der Waals surface area contributed by atoms with Gasteiger partial charge in [-0.1, -0.05) is 35.9 Å². The Balaban J connectivity index is 2.24. The van der Waals surface area contributed by atoms with Crippen LogP contribution in [-0.2, 0) is 0 Å². The number of rotatable bonds is 0. The summed E-state index contributed by atoms with van der Waals surface area (Å²) in [4.78, 5) is 20.0. The van der Waals surface area contributed by atoms with Crippen molar-refractivity contribution < 1.29 is 0 Å². The van der Waals surface area contributed by atoms with Crippen LogP contribution in [0.5, 0.6) is 0 Å². The Labute approximate surface area is 122 Å². The Morgan fingerprint density at radius 3 is 2.62 bits per heavy atom. The molecule has 102 valence electrons. The van der Waals surface area contributed by atoms with Gasteiger partial charge in [-0.15, -0.1) is 0 Å². The highest BCUT2D eigenvalue weighted by Crippen LogP contribution is 2.38. The van der Waals surface area contributed by atoms with Crippen molar-refractivity contribution in [2.45, 2.75) is 6.92 Å². The van der Waals surface area contributed by atoms with Crippen LogP contribution in [0.25, 0.3) is 22.0 Å². The summed E-state index contributed by atoms with van der Waals surface area (Å²) >= 11 is 0. The first-order chi connectivity index (χ1) is 10.2. The second kappa shape index (κ2) is 4.16. The van der Waals surface area contributed by atoms with E-state index in [0.29, 0.717) is 0 Å². The van der Waals surface area contributed by atoms with E-state index in [1.165, 1.54) is 5.56 Å². The van der Waals surface area contributed by atoms with E-state index in [1.54, 1.807) is 7.05 Å². The molecule has 0 unspecified atom stereocenters. The zero-order valence-corrected chi connectivity index (χ0v) is 11.9. The Hall–Kier alpha value is -2.68. The highest BCUT2D eigenvalue weighted by Gasteiger charge is 2.29. The zero-order valence-electron chi connectivity index (χ0n) is 11.9. The minimum Gasteiger partial charge on any atom is -0.321 e. The summed E-state index contributed by atoms with van der Waals surface area (Å²) in [5.41, 5.74) is 6.60. The minimum atomic E-state index is -0.0487. The molecule has 1 heterocycles. The average molecular weight is 274 g/mol. The van der Waals surface area contributed by atoms with Crippen molar-refractivity contribution in [3.8, 4) is 11.1 Å². The lowest BCUT2D eigenvalue weighted by atomic mass is 10.0. The number of H-pyrrole nitrogens is 1. The summed E-state index contributed by atoms with van der Waals surface area (Å²) in [5, 5.41) is 1.04. The number of benzene rings is 2. The van der Waals surface area contributed by atoms with Crippen molar-refractivity contribution in [1.82, 2.24) is 4.98 Å². The zero-order chi connectivity index (χ0) is 14.6. The third-order valence-electron chi connectivity index (χ3n) is 4.08. The van der Waals surface area contributed by atoms with Crippen molar-refractivity contribution in [3.05, 3.63) is 69.5 Å². The van der Waals surface area contributed by atoms with Gasteiger partial charge in [0.25, 0.3) is 5.56 Å². The normalized spacial score (nSPS) is 14.5. The molecule has 4 rings (SSSR count). The van der Waals surface area contributed by atoms with Crippen LogP contribution >= 0.6 is 0 Å². The van der Waals surface area contributed by atoms with Crippen LogP contribution in [0.15, 0.2) is 52.3 Å². The highest BCUT2D eigenvalue weighted by atomic mass is 16.1. The number of aromatic nitrogens is 1. The van der Waals surface area contributed by atoms with Crippen molar-refractivity contribution in [2.24, 2.45) is 4.99 Å². The van der Waals surface area contributed by atoms with Crippen molar-refractivity contribution in [1.29, 1.82) is 0 Å². The highest BCUT2D eigenvalue weighted by molar-refractivity contribution is 6.29. The third-order valence-corrected chi connectivity index (χ3v) is 4.08. The van der Waals surface area contributed by atoms with Gasteiger partial charge in [-0.2, -0.15) is 0 Å². The summed E-state index contributed by atoms with van der Waals surface area (Å²) in [5.74, 6) is 0. The summed E-state index contributed by atoms with van der Waals surface area (Å²) in [7, 11) is 1.78. The molecule has 3 heteroatoms. The standard InChI is InChI=1S/C18H14N2O/c1-10-7-8-11-13(9-10)17(19-2)15-12-5-3-4-6-14(12)20-18(21)16(11)15/h3-9H,1-2H3,(H,20,21). The second-order valence-electron chi connectivity index (χ2n) is 5.37. The van der Waals surface area contributed by atoms with Gasteiger partial charge in [0.15, 0.2) is 0 Å². The van der Waals surface area contributed by atoms with Crippen LogP contribution in [0.4, 0.5) is 0 Å². The fraction of sp³-hybridized carbons (Fsp3) is 0.111. The van der Waals surface area contributed by atoms with Crippen LogP contribution in [0.1, 0.15) is 16.7 Å². The number of aliphatic imine (C=N–C) groups is 1. The number of nitrogens with one attached hydrogen (secondary N) is 1. The van der Waals surface area contributed by atoms with E-state index in [0.717, 1.165) is 38.9 Å². The van der Waals surface area contributed by atoms with Gasteiger partial charge in [-0.3, -0.25) is 9.79 Å². The van der Waals surface area contributed by atoms with E-state index in [4.69, 9.17) is 0 Å². The lowest BCUT2D eigenvalue weighted by Gasteiger charge is -2.05. The molecule has 0 aliphatic heterocycles. The first-order valence-electron chi connectivity index (χ1n) is 6.94. The van der Waals surface area contributed by atoms with E-state index < -0.39 is 0 Å². The van der Waals surface area contributed by atoms with E-state index in [1.807, 2.05) is 36.4 Å². The minimum absolute atomic E-state index is 0.0487. The van der Waals surface area contributed by atoms with Crippen LogP contribution in [0.3, 0.4) is 0 Å². The largest absolute Gasteiger partial charge is 0.321 e. The molecular weight excluding hydrogens is 260 g/mol. The van der Waals surface area contributed by atoms with E-state index in [9.17, 15) is 4.79 Å². The fourth-order valence-corrected chi connectivity index (χ4v) is 3.19. The average Bonchev–Trinajstić information content (AvgIpc) is 2.81. The number of hydrogen-bond acceptors (Lipinski definition) is 2. The molecule has 2 aromatic carbocycles. The van der Waals surface area contributed by atoms with Gasteiger partial charge in [0.05, 0.1) is 11.3 Å². The summed E-state index contributed by atoms with van der Waals surface area (Å²) < 4.78 is 0. The van der Waals surface area contributed by atoms with Gasteiger partial charge in [0.1, 0.15) is 0 Å². The fourth-order valence-electron chi connectivity index (χ4n) is 3.19. The molecular formula is C18H14N2O. The molecule has 3 nitrogen and oxygen atoms in total. The summed E-state index contributed by atoms with van der Waals surface area (Å²) in [6, 6.07) is 14.0. The molecule has 0 spiro atoms. The smallest absolute Gasteiger partial charge is 0.257 e. The number of aryl methyl sites for hydroxylation is 1. The number of para-hydroxylation sites is 1. The first-order valence-corrected chi connectivity index (χ1v) is 6.94. The van der Waals surface area contributed by atoms with Gasteiger partial charge >= 0.3 is 0 Å². The molecule has 1 aliphatic carbocycles. The number of nitrogens with zero attached hydrogens (tertiary/aromatic N) is 1. The van der Waals surface area contributed by atoms with Gasteiger partial charge in [0.2, 0.25) is 0 Å². The maximum Gasteiger partial charge on any atom is 0.257 e.